The Kier molecular flexibility index (Phi) is 4.99. The first-order valence-corrected chi connectivity index (χ1v) is 6.60. The van der Waals surface area contributed by atoms with E-state index in [0.717, 1.165) is 6.08 Å². The van der Waals surface area contributed by atoms with Gasteiger partial charge in [0, 0.05) is 6.08 Å². The number of carboxylic acids is 1. The zero-order valence-electron chi connectivity index (χ0n) is 12.2. The lowest BCUT2D eigenvalue weighted by Crippen LogP contribution is -2.09. The highest BCUT2D eigenvalue weighted by atomic mass is 16.6. The van der Waals surface area contributed by atoms with Gasteiger partial charge in [-0.1, -0.05) is 6.07 Å². The van der Waals surface area contributed by atoms with E-state index in [1.54, 1.807) is 12.1 Å². The maximum atomic E-state index is 12.0. The van der Waals surface area contributed by atoms with Crippen LogP contribution in [0.4, 0.5) is 0 Å². The van der Waals surface area contributed by atoms with E-state index in [0.29, 0.717) is 11.3 Å². The summed E-state index contributed by atoms with van der Waals surface area (Å²) in [7, 11) is 1.41. The number of aliphatic carboxylic acids is 1. The lowest BCUT2D eigenvalue weighted by atomic mass is 10.2. The molecule has 6 nitrogen and oxygen atoms in total. The Labute approximate surface area is 132 Å². The number of benzene rings is 2. The van der Waals surface area contributed by atoms with E-state index in [4.69, 9.17) is 14.6 Å². The minimum Gasteiger partial charge on any atom is -0.508 e. The number of ether oxygens (including phenoxy) is 2. The molecular formula is C17H14O6. The van der Waals surface area contributed by atoms with Crippen LogP contribution in [0.2, 0.25) is 0 Å². The Morgan fingerprint density at radius 2 is 1.74 bits per heavy atom. The number of hydrogen-bond acceptors (Lipinski definition) is 5. The average Bonchev–Trinajstić information content (AvgIpc) is 2.54. The Balaban J connectivity index is 2.20. The van der Waals surface area contributed by atoms with Crippen molar-refractivity contribution in [3.05, 3.63) is 59.7 Å². The summed E-state index contributed by atoms with van der Waals surface area (Å²) in [6.07, 6.45) is 2.40. The third kappa shape index (κ3) is 4.34. The van der Waals surface area contributed by atoms with Gasteiger partial charge in [-0.05, 0) is 48.0 Å². The molecule has 118 valence electrons. The highest BCUT2D eigenvalue weighted by Crippen LogP contribution is 2.29. The van der Waals surface area contributed by atoms with Gasteiger partial charge in [-0.3, -0.25) is 0 Å². The van der Waals surface area contributed by atoms with E-state index in [9.17, 15) is 14.7 Å². The number of carbonyl (C=O) groups excluding carboxylic acids is 1. The Morgan fingerprint density at radius 3 is 2.35 bits per heavy atom. The molecule has 2 rings (SSSR count). The fourth-order valence-corrected chi connectivity index (χ4v) is 1.80. The summed E-state index contributed by atoms with van der Waals surface area (Å²) < 4.78 is 10.4. The van der Waals surface area contributed by atoms with Crippen LogP contribution in [-0.2, 0) is 4.79 Å². The van der Waals surface area contributed by atoms with Crippen molar-refractivity contribution < 1.29 is 29.3 Å². The van der Waals surface area contributed by atoms with Crippen LogP contribution in [0.1, 0.15) is 15.9 Å². The molecule has 0 aliphatic carbocycles. The second-order valence-corrected chi connectivity index (χ2v) is 4.52. The number of aromatic hydroxyl groups is 1. The maximum absolute atomic E-state index is 12.0. The van der Waals surface area contributed by atoms with Gasteiger partial charge in [0.2, 0.25) is 0 Å². The van der Waals surface area contributed by atoms with Crippen molar-refractivity contribution in [3.8, 4) is 17.2 Å². The molecule has 0 aliphatic rings. The van der Waals surface area contributed by atoms with E-state index in [-0.39, 0.29) is 17.1 Å². The van der Waals surface area contributed by atoms with Gasteiger partial charge in [-0.25, -0.2) is 9.59 Å². The molecule has 0 unspecified atom stereocenters. The van der Waals surface area contributed by atoms with Crippen LogP contribution in [-0.4, -0.2) is 29.3 Å². The van der Waals surface area contributed by atoms with Gasteiger partial charge in [0.15, 0.2) is 11.5 Å². The molecule has 23 heavy (non-hydrogen) atoms. The van der Waals surface area contributed by atoms with Crippen molar-refractivity contribution in [2.24, 2.45) is 0 Å². The second-order valence-electron chi connectivity index (χ2n) is 4.52. The molecule has 0 aliphatic heterocycles. The molecule has 0 atom stereocenters. The van der Waals surface area contributed by atoms with Crippen LogP contribution < -0.4 is 9.47 Å². The maximum Gasteiger partial charge on any atom is 0.343 e. The van der Waals surface area contributed by atoms with Crippen molar-refractivity contribution in [2.45, 2.75) is 0 Å². The fraction of sp³-hybridized carbons (Fsp3) is 0.0588. The summed E-state index contributed by atoms with van der Waals surface area (Å²) in [5.74, 6) is -1.11. The second kappa shape index (κ2) is 7.13. The van der Waals surface area contributed by atoms with Crippen molar-refractivity contribution in [1.29, 1.82) is 0 Å². The van der Waals surface area contributed by atoms with E-state index in [1.807, 2.05) is 0 Å². The van der Waals surface area contributed by atoms with Gasteiger partial charge in [-0.15, -0.1) is 0 Å². The van der Waals surface area contributed by atoms with Gasteiger partial charge < -0.3 is 19.7 Å². The Bertz CT molecular complexity index is 746. The van der Waals surface area contributed by atoms with Gasteiger partial charge in [-0.2, -0.15) is 0 Å². The number of phenols is 1. The molecule has 0 heterocycles. The monoisotopic (exact) mass is 314 g/mol. The summed E-state index contributed by atoms with van der Waals surface area (Å²) >= 11 is 0. The highest BCUT2D eigenvalue weighted by molar-refractivity contribution is 5.91. The Hall–Kier alpha value is -3.28. The first kappa shape index (κ1) is 16.1. The molecule has 0 amide bonds. The van der Waals surface area contributed by atoms with Crippen LogP contribution in [0.5, 0.6) is 17.2 Å². The van der Waals surface area contributed by atoms with Gasteiger partial charge in [0.25, 0.3) is 0 Å². The molecule has 0 saturated heterocycles. The first-order valence-electron chi connectivity index (χ1n) is 6.60. The van der Waals surface area contributed by atoms with E-state index < -0.39 is 11.9 Å². The number of methoxy groups -OCH3 is 1. The molecule has 2 N–H and O–H groups in total. The standard InChI is InChI=1S/C17H14O6/c1-22-15-10-11(3-9-16(19)20)2-8-14(15)23-17(21)12-4-6-13(18)7-5-12/h2-10,18H,1H3,(H,19,20)/b9-3+. The fourth-order valence-electron chi connectivity index (χ4n) is 1.80. The molecule has 0 aromatic heterocycles. The van der Waals surface area contributed by atoms with Crippen molar-refractivity contribution in [3.63, 3.8) is 0 Å². The van der Waals surface area contributed by atoms with E-state index >= 15 is 0 Å². The smallest absolute Gasteiger partial charge is 0.343 e. The van der Waals surface area contributed by atoms with Crippen LogP contribution >= 0.6 is 0 Å². The quantitative estimate of drug-likeness (QED) is 0.501. The summed E-state index contributed by atoms with van der Waals surface area (Å²) in [5.41, 5.74) is 0.869. The van der Waals surface area contributed by atoms with Crippen LogP contribution in [0.3, 0.4) is 0 Å². The number of hydrogen-bond donors (Lipinski definition) is 2. The summed E-state index contributed by atoms with van der Waals surface area (Å²) in [6.45, 7) is 0. The highest BCUT2D eigenvalue weighted by Gasteiger charge is 2.12. The number of carboxylic acid groups (broad SMARTS) is 1. The predicted octanol–water partition coefficient (Wildman–Crippen LogP) is 2.72. The minimum absolute atomic E-state index is 0.0497. The molecule has 0 fully saturated rings. The van der Waals surface area contributed by atoms with E-state index in [1.165, 1.54) is 43.5 Å². The predicted molar refractivity (Wildman–Crippen MR) is 82.7 cm³/mol. The largest absolute Gasteiger partial charge is 0.508 e. The number of phenolic OH excluding ortho intramolecular Hbond substituents is 1. The summed E-state index contributed by atoms with van der Waals surface area (Å²) in [4.78, 5) is 22.6. The first-order chi connectivity index (χ1) is 11.0. The minimum atomic E-state index is -1.06. The molecule has 0 bridgehead atoms. The SMILES string of the molecule is COc1cc(/C=C/C(=O)O)ccc1OC(=O)c1ccc(O)cc1. The molecule has 0 spiro atoms. The summed E-state index contributed by atoms with van der Waals surface area (Å²) in [5, 5.41) is 17.8. The third-order valence-corrected chi connectivity index (χ3v) is 2.91. The van der Waals surface area contributed by atoms with Gasteiger partial charge in [0.05, 0.1) is 12.7 Å². The molecule has 0 radical (unpaired) electrons. The topological polar surface area (TPSA) is 93.1 Å². The molecule has 0 saturated carbocycles. The summed E-state index contributed by atoms with van der Waals surface area (Å²) in [6, 6.07) is 10.3. The normalized spacial score (nSPS) is 10.5. The zero-order valence-corrected chi connectivity index (χ0v) is 12.2. The number of carbonyl (C=O) groups is 2. The molecule has 2 aromatic rings. The van der Waals surface area contributed by atoms with Crippen LogP contribution in [0.25, 0.3) is 6.08 Å². The molecule has 6 heteroatoms. The molecular weight excluding hydrogens is 300 g/mol. The van der Waals surface area contributed by atoms with Crippen molar-refractivity contribution >= 4 is 18.0 Å². The lowest BCUT2D eigenvalue weighted by molar-refractivity contribution is -0.131. The number of rotatable bonds is 5. The Morgan fingerprint density at radius 1 is 1.04 bits per heavy atom. The van der Waals surface area contributed by atoms with Crippen LogP contribution in [0, 0.1) is 0 Å². The van der Waals surface area contributed by atoms with Crippen molar-refractivity contribution in [2.75, 3.05) is 7.11 Å². The van der Waals surface area contributed by atoms with Gasteiger partial charge >= 0.3 is 11.9 Å². The average molecular weight is 314 g/mol. The van der Waals surface area contributed by atoms with Gasteiger partial charge in [0.1, 0.15) is 5.75 Å². The van der Waals surface area contributed by atoms with E-state index in [2.05, 4.69) is 0 Å². The zero-order chi connectivity index (χ0) is 16.8. The lowest BCUT2D eigenvalue weighted by Gasteiger charge is -2.10. The van der Waals surface area contributed by atoms with Crippen LogP contribution in [0.15, 0.2) is 48.5 Å². The number of esters is 1. The third-order valence-electron chi connectivity index (χ3n) is 2.91. The van der Waals surface area contributed by atoms with Crippen molar-refractivity contribution in [1.82, 2.24) is 0 Å². The molecule has 2 aromatic carbocycles.